The van der Waals surface area contributed by atoms with E-state index in [0.29, 0.717) is 5.82 Å². The third-order valence-corrected chi connectivity index (χ3v) is 4.79. The van der Waals surface area contributed by atoms with E-state index in [4.69, 9.17) is 5.73 Å². The number of nitrogens with one attached hydrogen (secondary N) is 1. The van der Waals surface area contributed by atoms with Gasteiger partial charge in [0.2, 0.25) is 5.78 Å². The monoisotopic (exact) mass is 429 g/mol. The van der Waals surface area contributed by atoms with Crippen LogP contribution in [0.2, 0.25) is 0 Å². The molecule has 2 amide bonds. The first-order chi connectivity index (χ1) is 15.5. The molecular weight excluding hydrogens is 406 g/mol. The molecule has 1 aromatic heterocycles. The summed E-state index contributed by atoms with van der Waals surface area (Å²) in [6, 6.07) is 13.7. The van der Waals surface area contributed by atoms with Gasteiger partial charge in [-0.25, -0.2) is 9.67 Å². The van der Waals surface area contributed by atoms with E-state index in [1.807, 2.05) is 42.5 Å². The van der Waals surface area contributed by atoms with E-state index < -0.39 is 23.6 Å². The Morgan fingerprint density at radius 1 is 1.19 bits per heavy atom. The van der Waals surface area contributed by atoms with Gasteiger partial charge in [-0.2, -0.15) is 5.10 Å². The number of hydrogen-bond acceptors (Lipinski definition) is 5. The quantitative estimate of drug-likeness (QED) is 0.308. The molecule has 162 valence electrons. The van der Waals surface area contributed by atoms with Crippen LogP contribution >= 0.6 is 0 Å². The van der Waals surface area contributed by atoms with Crippen molar-refractivity contribution >= 4 is 40.4 Å². The lowest BCUT2D eigenvalue weighted by atomic mass is 9.96. The summed E-state index contributed by atoms with van der Waals surface area (Å²) in [5.41, 5.74) is 6.21. The number of Topliss-reactive ketones (excluding diaryl/α,β-unsaturated/α-hetero) is 1. The summed E-state index contributed by atoms with van der Waals surface area (Å²) < 4.78 is 1.32. The van der Waals surface area contributed by atoms with Gasteiger partial charge in [-0.05, 0) is 35.4 Å². The molecule has 3 aromatic rings. The standard InChI is InChI=1S/C24H23N5O3/c1-3-8-21(26-4-2)29-20(13-14-27-29)24(32)28-19(22(30)23(25)31)15-17-11-7-10-16-9-5-6-12-18(16)17/h3-14,19H,1,15H2,2H3,(H2,25,31)(H,28,32)/b21-8+,26-4?. The predicted octanol–water partition coefficient (Wildman–Crippen LogP) is 2.51. The first-order valence-electron chi connectivity index (χ1n) is 9.93. The third kappa shape index (κ3) is 4.86. The van der Waals surface area contributed by atoms with Gasteiger partial charge in [0.25, 0.3) is 11.8 Å². The molecule has 1 unspecified atom stereocenters. The molecule has 0 spiro atoms. The van der Waals surface area contributed by atoms with Crippen LogP contribution in [-0.2, 0) is 16.0 Å². The SMILES string of the molecule is C=C/C=C(\N=CC)n1nccc1C(=O)NC(Cc1cccc2ccccc12)C(=O)C(N)=O. The molecule has 0 saturated carbocycles. The van der Waals surface area contributed by atoms with Crippen LogP contribution in [0.5, 0.6) is 0 Å². The van der Waals surface area contributed by atoms with Gasteiger partial charge in [-0.15, -0.1) is 0 Å². The maximum absolute atomic E-state index is 13.0. The number of hydrogen-bond donors (Lipinski definition) is 2. The number of benzene rings is 2. The van der Waals surface area contributed by atoms with E-state index in [9.17, 15) is 14.4 Å². The largest absolute Gasteiger partial charge is 0.363 e. The van der Waals surface area contributed by atoms with Crippen molar-refractivity contribution < 1.29 is 14.4 Å². The minimum absolute atomic E-state index is 0.103. The first-order valence-corrected chi connectivity index (χ1v) is 9.93. The summed E-state index contributed by atoms with van der Waals surface area (Å²) in [4.78, 5) is 41.5. The van der Waals surface area contributed by atoms with Gasteiger partial charge < -0.3 is 11.1 Å². The number of allylic oxidation sites excluding steroid dienone is 2. The number of rotatable bonds is 9. The Hall–Kier alpha value is -4.33. The molecule has 3 N–H and O–H groups in total. The summed E-state index contributed by atoms with van der Waals surface area (Å²) >= 11 is 0. The number of carbonyl (C=O) groups excluding carboxylic acids is 3. The number of carbonyl (C=O) groups is 3. The van der Waals surface area contributed by atoms with Crippen LogP contribution in [0.15, 0.2) is 78.5 Å². The molecule has 0 saturated heterocycles. The minimum Gasteiger partial charge on any atom is -0.363 e. The topological polar surface area (TPSA) is 119 Å². The van der Waals surface area contributed by atoms with Crippen molar-refractivity contribution in [1.82, 2.24) is 15.1 Å². The van der Waals surface area contributed by atoms with E-state index in [1.54, 1.807) is 19.2 Å². The lowest BCUT2D eigenvalue weighted by Gasteiger charge is -2.18. The molecule has 32 heavy (non-hydrogen) atoms. The summed E-state index contributed by atoms with van der Waals surface area (Å²) in [7, 11) is 0. The van der Waals surface area contributed by atoms with Crippen LogP contribution in [0.3, 0.4) is 0 Å². The average molecular weight is 429 g/mol. The Bertz CT molecular complexity index is 1230. The second-order valence-corrected chi connectivity index (χ2v) is 6.87. The van der Waals surface area contributed by atoms with Gasteiger partial charge in [0.05, 0.1) is 6.20 Å². The van der Waals surface area contributed by atoms with Crippen molar-refractivity contribution in [3.63, 3.8) is 0 Å². The summed E-state index contributed by atoms with van der Waals surface area (Å²) in [5.74, 6) is -2.23. The van der Waals surface area contributed by atoms with Crippen molar-refractivity contribution in [2.75, 3.05) is 0 Å². The molecule has 1 heterocycles. The van der Waals surface area contributed by atoms with Crippen molar-refractivity contribution in [3.05, 3.63) is 84.7 Å². The van der Waals surface area contributed by atoms with Gasteiger partial charge in [0.15, 0.2) is 5.82 Å². The fourth-order valence-corrected chi connectivity index (χ4v) is 3.37. The van der Waals surface area contributed by atoms with E-state index in [2.05, 4.69) is 22.0 Å². The summed E-state index contributed by atoms with van der Waals surface area (Å²) in [5, 5.41) is 8.68. The van der Waals surface area contributed by atoms with Crippen molar-refractivity contribution in [3.8, 4) is 0 Å². The molecule has 8 heteroatoms. The third-order valence-electron chi connectivity index (χ3n) is 4.79. The maximum atomic E-state index is 13.0. The fourth-order valence-electron chi connectivity index (χ4n) is 3.37. The molecule has 2 aromatic carbocycles. The average Bonchev–Trinajstić information content (AvgIpc) is 3.28. The molecule has 8 nitrogen and oxygen atoms in total. The Kier molecular flexibility index (Phi) is 7.07. The normalized spacial score (nSPS) is 12.6. The first kappa shape index (κ1) is 22.4. The number of ketones is 1. The number of aromatic nitrogens is 2. The highest BCUT2D eigenvalue weighted by Crippen LogP contribution is 2.20. The van der Waals surface area contributed by atoms with Crippen molar-refractivity contribution in [2.24, 2.45) is 10.7 Å². The van der Waals surface area contributed by atoms with Gasteiger partial charge >= 0.3 is 0 Å². The van der Waals surface area contributed by atoms with Gasteiger partial charge in [0, 0.05) is 12.6 Å². The van der Waals surface area contributed by atoms with Gasteiger partial charge in [-0.1, -0.05) is 55.1 Å². The van der Waals surface area contributed by atoms with Gasteiger partial charge in [-0.3, -0.25) is 14.4 Å². The van der Waals surface area contributed by atoms with Crippen LogP contribution in [0.4, 0.5) is 0 Å². The van der Waals surface area contributed by atoms with Gasteiger partial charge in [0.1, 0.15) is 11.7 Å². The zero-order valence-corrected chi connectivity index (χ0v) is 17.6. The highest BCUT2D eigenvalue weighted by Gasteiger charge is 2.27. The Morgan fingerprint density at radius 3 is 2.66 bits per heavy atom. The predicted molar refractivity (Wildman–Crippen MR) is 124 cm³/mol. The number of fused-ring (bicyclic) bond motifs is 1. The van der Waals surface area contributed by atoms with Crippen LogP contribution in [0.1, 0.15) is 23.0 Å². The number of primary amides is 1. The minimum atomic E-state index is -1.14. The van der Waals surface area contributed by atoms with E-state index >= 15 is 0 Å². The van der Waals surface area contributed by atoms with Crippen molar-refractivity contribution in [1.29, 1.82) is 0 Å². The smallest absolute Gasteiger partial charge is 0.287 e. The zero-order chi connectivity index (χ0) is 23.1. The Morgan fingerprint density at radius 2 is 1.94 bits per heavy atom. The molecule has 0 aliphatic heterocycles. The van der Waals surface area contributed by atoms with Crippen molar-refractivity contribution in [2.45, 2.75) is 19.4 Å². The Labute approximate surface area is 185 Å². The molecular formula is C24H23N5O3. The van der Waals surface area contributed by atoms with E-state index in [0.717, 1.165) is 16.3 Å². The Balaban J connectivity index is 1.94. The molecule has 3 rings (SSSR count). The number of aliphatic imine (C=N–C) groups is 1. The second-order valence-electron chi connectivity index (χ2n) is 6.87. The highest BCUT2D eigenvalue weighted by atomic mass is 16.2. The van der Waals surface area contributed by atoms with E-state index in [1.165, 1.54) is 23.0 Å². The molecule has 0 radical (unpaired) electrons. The molecule has 0 aliphatic rings. The fraction of sp³-hybridized carbons (Fsp3) is 0.125. The second kappa shape index (κ2) is 10.1. The summed E-state index contributed by atoms with van der Waals surface area (Å²) in [6.45, 7) is 5.37. The molecule has 1 atom stereocenters. The lowest BCUT2D eigenvalue weighted by Crippen LogP contribution is -2.47. The summed E-state index contributed by atoms with van der Waals surface area (Å²) in [6.07, 6.45) is 6.20. The number of amides is 2. The lowest BCUT2D eigenvalue weighted by molar-refractivity contribution is -0.137. The maximum Gasteiger partial charge on any atom is 0.287 e. The van der Waals surface area contributed by atoms with Crippen LogP contribution < -0.4 is 11.1 Å². The molecule has 0 fully saturated rings. The molecule has 0 bridgehead atoms. The van der Waals surface area contributed by atoms with Crippen LogP contribution in [0.25, 0.3) is 16.6 Å². The zero-order valence-electron chi connectivity index (χ0n) is 17.6. The number of nitrogens with two attached hydrogens (primary N) is 1. The van der Waals surface area contributed by atoms with Crippen LogP contribution in [0, 0.1) is 0 Å². The van der Waals surface area contributed by atoms with E-state index in [-0.39, 0.29) is 12.1 Å². The number of nitrogens with zero attached hydrogens (tertiary/aromatic N) is 3. The molecule has 0 aliphatic carbocycles. The van der Waals surface area contributed by atoms with Crippen LogP contribution in [-0.4, -0.2) is 39.6 Å². The highest BCUT2D eigenvalue weighted by molar-refractivity contribution is 6.38.